The number of thioether (sulfide) groups is 1. The standard InChI is InChI=1S/C12H12N2O5S/c15-11(8-3-4-20-6-8)13-9-2-1-7(12(16)17)5-10(9)14(18)19/h1-2,5,8H,3-4,6H2,(H,13,15)(H,16,17). The van der Waals surface area contributed by atoms with E-state index in [0.29, 0.717) is 5.75 Å². The Bertz CT molecular complexity index is 569. The number of nitrogens with zero attached hydrogens (tertiary/aromatic N) is 1. The Morgan fingerprint density at radius 1 is 1.45 bits per heavy atom. The molecule has 0 saturated carbocycles. The van der Waals surface area contributed by atoms with Gasteiger partial charge in [0.1, 0.15) is 5.69 Å². The number of hydrogen-bond acceptors (Lipinski definition) is 5. The Balaban J connectivity index is 2.24. The molecule has 1 aliphatic rings. The highest BCUT2D eigenvalue weighted by Crippen LogP contribution is 2.29. The first-order valence-electron chi connectivity index (χ1n) is 5.89. The van der Waals surface area contributed by atoms with Crippen molar-refractivity contribution in [1.29, 1.82) is 0 Å². The normalized spacial score (nSPS) is 17.7. The van der Waals surface area contributed by atoms with E-state index in [1.165, 1.54) is 12.1 Å². The highest BCUT2D eigenvalue weighted by molar-refractivity contribution is 7.99. The third kappa shape index (κ3) is 3.08. The van der Waals surface area contributed by atoms with Gasteiger partial charge in [0, 0.05) is 17.7 Å². The van der Waals surface area contributed by atoms with Crippen molar-refractivity contribution in [3.63, 3.8) is 0 Å². The highest BCUT2D eigenvalue weighted by atomic mass is 32.2. The fraction of sp³-hybridized carbons (Fsp3) is 0.333. The maximum Gasteiger partial charge on any atom is 0.335 e. The van der Waals surface area contributed by atoms with Crippen molar-refractivity contribution in [2.75, 3.05) is 16.8 Å². The first kappa shape index (κ1) is 14.3. The molecule has 0 radical (unpaired) electrons. The number of anilines is 1. The predicted molar refractivity (Wildman–Crippen MR) is 74.1 cm³/mol. The zero-order valence-electron chi connectivity index (χ0n) is 10.4. The lowest BCUT2D eigenvalue weighted by molar-refractivity contribution is -0.384. The summed E-state index contributed by atoms with van der Waals surface area (Å²) >= 11 is 1.67. The van der Waals surface area contributed by atoms with E-state index in [1.807, 2.05) is 0 Å². The van der Waals surface area contributed by atoms with E-state index in [9.17, 15) is 19.7 Å². The van der Waals surface area contributed by atoms with E-state index in [0.717, 1.165) is 18.2 Å². The van der Waals surface area contributed by atoms with E-state index in [-0.39, 0.29) is 23.1 Å². The van der Waals surface area contributed by atoms with Gasteiger partial charge in [0.05, 0.1) is 10.5 Å². The van der Waals surface area contributed by atoms with E-state index in [1.54, 1.807) is 11.8 Å². The van der Waals surface area contributed by atoms with Gasteiger partial charge in [-0.25, -0.2) is 4.79 Å². The zero-order valence-corrected chi connectivity index (χ0v) is 11.2. The summed E-state index contributed by atoms with van der Waals surface area (Å²) in [7, 11) is 0. The summed E-state index contributed by atoms with van der Waals surface area (Å²) in [6, 6.07) is 3.43. The number of benzene rings is 1. The molecule has 0 aromatic heterocycles. The van der Waals surface area contributed by atoms with Gasteiger partial charge in [-0.1, -0.05) is 0 Å². The quantitative estimate of drug-likeness (QED) is 0.649. The minimum atomic E-state index is -1.25. The van der Waals surface area contributed by atoms with Crippen LogP contribution in [0, 0.1) is 16.0 Å². The van der Waals surface area contributed by atoms with Crippen molar-refractivity contribution in [1.82, 2.24) is 0 Å². The lowest BCUT2D eigenvalue weighted by atomic mass is 10.1. The van der Waals surface area contributed by atoms with E-state index >= 15 is 0 Å². The van der Waals surface area contributed by atoms with Gasteiger partial charge >= 0.3 is 5.97 Å². The lowest BCUT2D eigenvalue weighted by Crippen LogP contribution is -2.22. The molecule has 8 heteroatoms. The molecule has 1 amide bonds. The SMILES string of the molecule is O=C(O)c1ccc(NC(=O)C2CCSC2)c([N+](=O)[O-])c1. The average Bonchev–Trinajstić information content (AvgIpc) is 2.92. The number of amides is 1. The van der Waals surface area contributed by atoms with E-state index in [2.05, 4.69) is 5.32 Å². The van der Waals surface area contributed by atoms with Crippen LogP contribution in [-0.4, -0.2) is 33.4 Å². The van der Waals surface area contributed by atoms with Gasteiger partial charge in [-0.05, 0) is 24.3 Å². The number of nitro benzene ring substituents is 1. The molecule has 7 nitrogen and oxygen atoms in total. The van der Waals surface area contributed by atoms with Crippen molar-refractivity contribution in [2.45, 2.75) is 6.42 Å². The number of nitro groups is 1. The number of aromatic carboxylic acids is 1. The van der Waals surface area contributed by atoms with Gasteiger partial charge in [0.2, 0.25) is 5.91 Å². The maximum atomic E-state index is 11.9. The van der Waals surface area contributed by atoms with Gasteiger partial charge in [-0.2, -0.15) is 11.8 Å². The highest BCUT2D eigenvalue weighted by Gasteiger charge is 2.26. The second kappa shape index (κ2) is 5.91. The van der Waals surface area contributed by atoms with Gasteiger partial charge in [0.25, 0.3) is 5.69 Å². The molecular weight excluding hydrogens is 284 g/mol. The van der Waals surface area contributed by atoms with Crippen LogP contribution in [0.3, 0.4) is 0 Å². The molecule has 1 aliphatic heterocycles. The number of carbonyl (C=O) groups excluding carboxylic acids is 1. The van der Waals surface area contributed by atoms with Crippen molar-refractivity contribution in [2.24, 2.45) is 5.92 Å². The zero-order chi connectivity index (χ0) is 14.7. The fourth-order valence-corrected chi connectivity index (χ4v) is 3.12. The van der Waals surface area contributed by atoms with E-state index < -0.39 is 16.6 Å². The molecule has 1 unspecified atom stereocenters. The first-order valence-corrected chi connectivity index (χ1v) is 7.05. The van der Waals surface area contributed by atoms with Crippen LogP contribution < -0.4 is 5.32 Å². The minimum Gasteiger partial charge on any atom is -0.478 e. The Morgan fingerprint density at radius 3 is 2.75 bits per heavy atom. The van der Waals surface area contributed by atoms with Crippen molar-refractivity contribution in [3.05, 3.63) is 33.9 Å². The Kier molecular flexibility index (Phi) is 4.23. The number of carboxylic acid groups (broad SMARTS) is 1. The summed E-state index contributed by atoms with van der Waals surface area (Å²) in [5.74, 6) is -0.0663. The van der Waals surface area contributed by atoms with E-state index in [4.69, 9.17) is 5.11 Å². The predicted octanol–water partition coefficient (Wildman–Crippen LogP) is 1.98. The van der Waals surface area contributed by atoms with Crippen LogP contribution in [0.5, 0.6) is 0 Å². The van der Waals surface area contributed by atoms with Crippen LogP contribution in [0.1, 0.15) is 16.8 Å². The lowest BCUT2D eigenvalue weighted by Gasteiger charge is -2.10. The molecule has 106 valence electrons. The minimum absolute atomic E-state index is 0.0295. The molecular formula is C12H12N2O5S. The van der Waals surface area contributed by atoms with Crippen molar-refractivity contribution in [3.8, 4) is 0 Å². The molecule has 2 rings (SSSR count). The Morgan fingerprint density at radius 2 is 2.20 bits per heavy atom. The molecule has 1 atom stereocenters. The molecule has 1 heterocycles. The largest absolute Gasteiger partial charge is 0.478 e. The fourth-order valence-electron chi connectivity index (χ4n) is 1.90. The summed E-state index contributed by atoms with van der Waals surface area (Å²) in [6.07, 6.45) is 0.748. The Hall–Kier alpha value is -2.09. The van der Waals surface area contributed by atoms with Gasteiger partial charge < -0.3 is 10.4 Å². The van der Waals surface area contributed by atoms with Gasteiger partial charge in [-0.15, -0.1) is 0 Å². The smallest absolute Gasteiger partial charge is 0.335 e. The molecule has 2 N–H and O–H groups in total. The van der Waals surface area contributed by atoms with Crippen LogP contribution in [0.4, 0.5) is 11.4 Å². The van der Waals surface area contributed by atoms with Gasteiger partial charge in [-0.3, -0.25) is 14.9 Å². The van der Waals surface area contributed by atoms with Crippen LogP contribution in [0.15, 0.2) is 18.2 Å². The number of hydrogen-bond donors (Lipinski definition) is 2. The summed E-state index contributed by atoms with van der Waals surface area (Å²) in [4.78, 5) is 33.0. The number of carbonyl (C=O) groups is 2. The topological polar surface area (TPSA) is 110 Å². The number of nitrogens with one attached hydrogen (secondary N) is 1. The third-order valence-electron chi connectivity index (χ3n) is 3.00. The molecule has 1 saturated heterocycles. The molecule has 20 heavy (non-hydrogen) atoms. The van der Waals surface area contributed by atoms with Crippen LogP contribution in [0.25, 0.3) is 0 Å². The summed E-state index contributed by atoms with van der Waals surface area (Å²) in [5.41, 5.74) is -0.572. The van der Waals surface area contributed by atoms with Crippen LogP contribution in [-0.2, 0) is 4.79 Å². The summed E-state index contributed by atoms with van der Waals surface area (Å²) in [6.45, 7) is 0. The maximum absolute atomic E-state index is 11.9. The monoisotopic (exact) mass is 296 g/mol. The van der Waals surface area contributed by atoms with Crippen molar-refractivity contribution >= 4 is 35.0 Å². The van der Waals surface area contributed by atoms with Gasteiger partial charge in [0.15, 0.2) is 0 Å². The van der Waals surface area contributed by atoms with Crippen LogP contribution >= 0.6 is 11.8 Å². The van der Waals surface area contributed by atoms with Crippen molar-refractivity contribution < 1.29 is 19.6 Å². The molecule has 1 fully saturated rings. The molecule has 1 aromatic carbocycles. The molecule has 0 aliphatic carbocycles. The molecule has 0 spiro atoms. The Labute approximate surface area is 118 Å². The number of carboxylic acids is 1. The van der Waals surface area contributed by atoms with Crippen LogP contribution in [0.2, 0.25) is 0 Å². The number of rotatable bonds is 4. The second-order valence-electron chi connectivity index (χ2n) is 4.34. The third-order valence-corrected chi connectivity index (χ3v) is 4.16. The summed E-state index contributed by atoms with van der Waals surface area (Å²) < 4.78 is 0. The second-order valence-corrected chi connectivity index (χ2v) is 5.49. The summed E-state index contributed by atoms with van der Waals surface area (Å²) in [5, 5.41) is 22.3. The average molecular weight is 296 g/mol. The first-order chi connectivity index (χ1) is 9.49. The molecule has 0 bridgehead atoms. The molecule has 1 aromatic rings.